The van der Waals surface area contributed by atoms with Crippen LogP contribution < -0.4 is 5.32 Å². The van der Waals surface area contributed by atoms with E-state index in [4.69, 9.17) is 0 Å². The van der Waals surface area contributed by atoms with Gasteiger partial charge in [0.15, 0.2) is 0 Å². The highest BCUT2D eigenvalue weighted by Crippen LogP contribution is 2.28. The van der Waals surface area contributed by atoms with Crippen LogP contribution in [-0.4, -0.2) is 6.54 Å². The van der Waals surface area contributed by atoms with Gasteiger partial charge in [0, 0.05) is 11.4 Å². The van der Waals surface area contributed by atoms with Gasteiger partial charge < -0.3 is 5.32 Å². The van der Waals surface area contributed by atoms with Crippen molar-refractivity contribution >= 4 is 11.3 Å². The third-order valence-electron chi connectivity index (χ3n) is 4.63. The van der Waals surface area contributed by atoms with E-state index in [0.717, 1.165) is 18.4 Å². The molecule has 1 aromatic heterocycles. The third-order valence-corrected chi connectivity index (χ3v) is 5.57. The second-order valence-corrected chi connectivity index (χ2v) is 7.42. The van der Waals surface area contributed by atoms with Gasteiger partial charge in [0.05, 0.1) is 0 Å². The Balaban J connectivity index is 1.47. The van der Waals surface area contributed by atoms with Gasteiger partial charge in [0.1, 0.15) is 0 Å². The number of hydrogen-bond donors (Lipinski definition) is 1. The van der Waals surface area contributed by atoms with Crippen molar-refractivity contribution in [3.63, 3.8) is 0 Å². The predicted molar refractivity (Wildman–Crippen MR) is 92.6 cm³/mol. The molecule has 1 heterocycles. The molecule has 0 atom stereocenters. The van der Waals surface area contributed by atoms with Crippen molar-refractivity contribution in [2.45, 2.75) is 39.2 Å². The Labute approximate surface area is 132 Å². The normalized spacial score (nSPS) is 22.3. The summed E-state index contributed by atoms with van der Waals surface area (Å²) < 4.78 is 0. The summed E-state index contributed by atoms with van der Waals surface area (Å²) >= 11 is 1.87. The van der Waals surface area contributed by atoms with E-state index in [1.807, 2.05) is 11.3 Å². The van der Waals surface area contributed by atoms with Crippen molar-refractivity contribution in [2.75, 3.05) is 6.54 Å². The van der Waals surface area contributed by atoms with Crippen molar-refractivity contribution in [3.8, 4) is 11.1 Å². The number of rotatable bonds is 5. The van der Waals surface area contributed by atoms with Gasteiger partial charge in [-0.3, -0.25) is 0 Å². The lowest BCUT2D eigenvalue weighted by Gasteiger charge is -2.26. The molecule has 112 valence electrons. The highest BCUT2D eigenvalue weighted by molar-refractivity contribution is 7.10. The van der Waals surface area contributed by atoms with Gasteiger partial charge in [-0.15, -0.1) is 11.3 Å². The van der Waals surface area contributed by atoms with E-state index < -0.39 is 0 Å². The first-order valence-corrected chi connectivity index (χ1v) is 9.03. The van der Waals surface area contributed by atoms with E-state index in [1.54, 1.807) is 0 Å². The molecular formula is C19H25NS. The molecule has 0 spiro atoms. The SMILES string of the molecule is CC1CCC(CNCc2cc(-c3ccccc3)cs2)CC1. The average molecular weight is 299 g/mol. The maximum Gasteiger partial charge on any atom is 0.0300 e. The van der Waals surface area contributed by atoms with Crippen molar-refractivity contribution in [3.05, 3.63) is 46.7 Å². The predicted octanol–water partition coefficient (Wildman–Crippen LogP) is 5.33. The quantitative estimate of drug-likeness (QED) is 0.786. The van der Waals surface area contributed by atoms with Crippen molar-refractivity contribution in [1.82, 2.24) is 5.32 Å². The lowest BCUT2D eigenvalue weighted by atomic mass is 9.83. The highest BCUT2D eigenvalue weighted by Gasteiger charge is 2.17. The average Bonchev–Trinajstić information content (AvgIpc) is 2.99. The van der Waals surface area contributed by atoms with E-state index in [1.165, 1.54) is 48.2 Å². The fourth-order valence-electron chi connectivity index (χ4n) is 3.19. The molecule has 1 saturated carbocycles. The molecule has 0 radical (unpaired) electrons. The van der Waals surface area contributed by atoms with Crippen molar-refractivity contribution in [2.24, 2.45) is 11.8 Å². The molecule has 0 saturated heterocycles. The molecule has 0 amide bonds. The summed E-state index contributed by atoms with van der Waals surface area (Å²) in [4.78, 5) is 1.44. The Morgan fingerprint density at radius 1 is 1.05 bits per heavy atom. The first-order chi connectivity index (χ1) is 10.3. The molecular weight excluding hydrogens is 274 g/mol. The summed E-state index contributed by atoms with van der Waals surface area (Å²) in [6.07, 6.45) is 5.66. The van der Waals surface area contributed by atoms with Gasteiger partial charge in [-0.2, -0.15) is 0 Å². The van der Waals surface area contributed by atoms with Crippen molar-refractivity contribution in [1.29, 1.82) is 0 Å². The molecule has 1 aliphatic carbocycles. The van der Waals surface area contributed by atoms with Crippen LogP contribution in [0.15, 0.2) is 41.8 Å². The topological polar surface area (TPSA) is 12.0 Å². The standard InChI is InChI=1S/C19H25NS/c1-15-7-9-16(10-8-15)12-20-13-19-11-18(14-21-19)17-5-3-2-4-6-17/h2-6,11,14-16,20H,7-10,12-13H2,1H3. The van der Waals surface area contributed by atoms with Crippen LogP contribution in [0.25, 0.3) is 11.1 Å². The Bertz CT molecular complexity index is 538. The number of hydrogen-bond acceptors (Lipinski definition) is 2. The summed E-state index contributed by atoms with van der Waals surface area (Å²) in [5.41, 5.74) is 2.67. The summed E-state index contributed by atoms with van der Waals surface area (Å²) in [5, 5.41) is 5.93. The van der Waals surface area contributed by atoms with Crippen LogP contribution in [0, 0.1) is 11.8 Å². The van der Waals surface area contributed by atoms with Gasteiger partial charge in [-0.25, -0.2) is 0 Å². The zero-order chi connectivity index (χ0) is 14.5. The maximum atomic E-state index is 3.66. The third kappa shape index (κ3) is 4.18. The van der Waals surface area contributed by atoms with Crippen molar-refractivity contribution < 1.29 is 0 Å². The fraction of sp³-hybridized carbons (Fsp3) is 0.474. The Morgan fingerprint density at radius 2 is 1.81 bits per heavy atom. The molecule has 0 bridgehead atoms. The zero-order valence-corrected chi connectivity index (χ0v) is 13.7. The van der Waals surface area contributed by atoms with Gasteiger partial charge in [0.2, 0.25) is 0 Å². The summed E-state index contributed by atoms with van der Waals surface area (Å²) in [6, 6.07) is 13.0. The molecule has 1 nitrogen and oxygen atoms in total. The van der Waals surface area contributed by atoms with Gasteiger partial charge in [-0.05, 0) is 53.8 Å². The van der Waals surface area contributed by atoms with E-state index >= 15 is 0 Å². The van der Waals surface area contributed by atoms with Crippen LogP contribution >= 0.6 is 11.3 Å². The number of nitrogens with one attached hydrogen (secondary N) is 1. The molecule has 1 aromatic carbocycles. The summed E-state index contributed by atoms with van der Waals surface area (Å²) in [5.74, 6) is 1.85. The zero-order valence-electron chi connectivity index (χ0n) is 12.8. The molecule has 21 heavy (non-hydrogen) atoms. The van der Waals surface area contributed by atoms with E-state index in [2.05, 4.69) is 54.0 Å². The lowest BCUT2D eigenvalue weighted by Crippen LogP contribution is -2.25. The molecule has 1 fully saturated rings. The molecule has 3 rings (SSSR count). The minimum absolute atomic E-state index is 0.898. The Hall–Kier alpha value is -1.12. The fourth-order valence-corrected chi connectivity index (χ4v) is 4.05. The Morgan fingerprint density at radius 3 is 2.57 bits per heavy atom. The monoisotopic (exact) mass is 299 g/mol. The van der Waals surface area contributed by atoms with Crippen LogP contribution in [0.2, 0.25) is 0 Å². The largest absolute Gasteiger partial charge is 0.312 e. The highest BCUT2D eigenvalue weighted by atomic mass is 32.1. The van der Waals surface area contributed by atoms with Gasteiger partial charge in [-0.1, -0.05) is 50.1 Å². The minimum Gasteiger partial charge on any atom is -0.312 e. The number of benzene rings is 1. The first-order valence-electron chi connectivity index (χ1n) is 8.15. The van der Waals surface area contributed by atoms with E-state index in [-0.39, 0.29) is 0 Å². The van der Waals surface area contributed by atoms with Gasteiger partial charge in [0.25, 0.3) is 0 Å². The van der Waals surface area contributed by atoms with E-state index in [9.17, 15) is 0 Å². The maximum absolute atomic E-state index is 3.66. The number of thiophene rings is 1. The molecule has 0 aliphatic heterocycles. The molecule has 2 aromatic rings. The van der Waals surface area contributed by atoms with Crippen LogP contribution in [0.5, 0.6) is 0 Å². The summed E-state index contributed by atoms with van der Waals surface area (Å²) in [6.45, 7) is 4.59. The summed E-state index contributed by atoms with van der Waals surface area (Å²) in [7, 11) is 0. The van der Waals surface area contributed by atoms with Crippen LogP contribution in [0.1, 0.15) is 37.5 Å². The Kier molecular flexibility index (Phi) is 5.10. The first kappa shape index (κ1) is 14.8. The second-order valence-electron chi connectivity index (χ2n) is 6.42. The molecule has 0 unspecified atom stereocenters. The lowest BCUT2D eigenvalue weighted by molar-refractivity contribution is 0.281. The van der Waals surface area contributed by atoms with Gasteiger partial charge >= 0.3 is 0 Å². The van der Waals surface area contributed by atoms with E-state index in [0.29, 0.717) is 0 Å². The van der Waals surface area contributed by atoms with Crippen LogP contribution in [0.4, 0.5) is 0 Å². The van der Waals surface area contributed by atoms with Crippen LogP contribution in [-0.2, 0) is 6.54 Å². The van der Waals surface area contributed by atoms with Crippen LogP contribution in [0.3, 0.4) is 0 Å². The molecule has 1 N–H and O–H groups in total. The molecule has 1 aliphatic rings. The smallest absolute Gasteiger partial charge is 0.0300 e. The molecule has 2 heteroatoms. The second kappa shape index (κ2) is 7.24. The minimum atomic E-state index is 0.898.